The van der Waals surface area contributed by atoms with Crippen molar-refractivity contribution in [3.8, 4) is 5.75 Å². The van der Waals surface area contributed by atoms with E-state index in [9.17, 15) is 9.59 Å². The third kappa shape index (κ3) is 4.98. The topological polar surface area (TPSA) is 77.9 Å². The number of rotatable bonds is 7. The molecule has 3 unspecified atom stereocenters. The monoisotopic (exact) mass is 480 g/mol. The SMILES string of the molecule is CC1=C(C(=O)OCCOc2ccccc2)C(c2ccncc2)C2C(=O)CC(c3ccccc3)CC2=N1. The number of carbonyl (C=O) groups is 2. The summed E-state index contributed by atoms with van der Waals surface area (Å²) in [6, 6.07) is 23.2. The molecule has 1 aliphatic carbocycles. The number of para-hydroxylation sites is 1. The van der Waals surface area contributed by atoms with Crippen LogP contribution in [-0.4, -0.2) is 35.7 Å². The number of esters is 1. The van der Waals surface area contributed by atoms with Crippen molar-refractivity contribution in [3.05, 3.63) is 108 Å². The number of benzene rings is 2. The molecule has 0 N–H and O–H groups in total. The molecular weight excluding hydrogens is 452 g/mol. The molecule has 2 heterocycles. The number of nitrogens with zero attached hydrogens (tertiary/aromatic N) is 2. The smallest absolute Gasteiger partial charge is 0.336 e. The van der Waals surface area contributed by atoms with E-state index in [4.69, 9.17) is 14.5 Å². The Balaban J connectivity index is 1.40. The van der Waals surface area contributed by atoms with Crippen molar-refractivity contribution in [1.82, 2.24) is 4.98 Å². The van der Waals surface area contributed by atoms with Gasteiger partial charge in [0.25, 0.3) is 0 Å². The predicted molar refractivity (Wildman–Crippen MR) is 137 cm³/mol. The Morgan fingerprint density at radius 2 is 1.56 bits per heavy atom. The molecule has 6 nitrogen and oxygen atoms in total. The molecule has 2 aliphatic rings. The maximum absolute atomic E-state index is 13.6. The van der Waals surface area contributed by atoms with Crippen molar-refractivity contribution < 1.29 is 19.1 Å². The van der Waals surface area contributed by atoms with Crippen LogP contribution in [0.5, 0.6) is 5.75 Å². The second-order valence-corrected chi connectivity index (χ2v) is 9.12. The lowest BCUT2D eigenvalue weighted by molar-refractivity contribution is -0.140. The predicted octanol–water partition coefficient (Wildman–Crippen LogP) is 5.28. The van der Waals surface area contributed by atoms with Gasteiger partial charge >= 0.3 is 5.97 Å². The molecule has 36 heavy (non-hydrogen) atoms. The second-order valence-electron chi connectivity index (χ2n) is 9.12. The zero-order valence-corrected chi connectivity index (χ0v) is 20.2. The average Bonchev–Trinajstić information content (AvgIpc) is 2.91. The molecule has 0 radical (unpaired) electrons. The fraction of sp³-hybridized carbons (Fsp3) is 0.267. The van der Waals surface area contributed by atoms with E-state index >= 15 is 0 Å². The standard InChI is InChI=1S/C30H28N2O4/c1-20-27(30(34)36-17-16-35-24-10-6-3-7-11-24)28(22-12-14-31-15-13-22)29-25(32-20)18-23(19-26(29)33)21-8-4-2-5-9-21/h2-15,23,28-29H,16-19H2,1H3. The molecule has 1 aromatic heterocycles. The molecule has 3 atom stereocenters. The van der Waals surface area contributed by atoms with E-state index in [1.54, 1.807) is 12.4 Å². The Morgan fingerprint density at radius 3 is 2.28 bits per heavy atom. The second kappa shape index (κ2) is 10.7. The Morgan fingerprint density at radius 1 is 0.861 bits per heavy atom. The summed E-state index contributed by atoms with van der Waals surface area (Å²) in [5, 5.41) is 0. The van der Waals surface area contributed by atoms with E-state index in [2.05, 4.69) is 17.1 Å². The molecule has 3 aromatic rings. The van der Waals surface area contributed by atoms with E-state index < -0.39 is 17.8 Å². The van der Waals surface area contributed by atoms with Crippen LogP contribution in [0.3, 0.4) is 0 Å². The highest BCUT2D eigenvalue weighted by Gasteiger charge is 2.46. The Labute approximate surface area is 210 Å². The van der Waals surface area contributed by atoms with Gasteiger partial charge in [-0.1, -0.05) is 48.5 Å². The van der Waals surface area contributed by atoms with Crippen molar-refractivity contribution in [2.24, 2.45) is 10.9 Å². The molecule has 182 valence electrons. The van der Waals surface area contributed by atoms with Gasteiger partial charge in [0, 0.05) is 36.1 Å². The third-order valence-electron chi connectivity index (χ3n) is 6.84. The van der Waals surface area contributed by atoms with Gasteiger partial charge in [-0.2, -0.15) is 0 Å². The van der Waals surface area contributed by atoms with E-state index in [1.807, 2.05) is 67.6 Å². The van der Waals surface area contributed by atoms with E-state index in [0.717, 1.165) is 16.8 Å². The van der Waals surface area contributed by atoms with E-state index in [-0.39, 0.29) is 24.9 Å². The number of fused-ring (bicyclic) bond motifs is 1. The molecule has 6 heteroatoms. The van der Waals surface area contributed by atoms with Crippen LogP contribution in [0, 0.1) is 5.92 Å². The summed E-state index contributed by atoms with van der Waals surface area (Å²) in [6.07, 6.45) is 4.48. The quantitative estimate of drug-likeness (QED) is 0.340. The van der Waals surface area contributed by atoms with Crippen LogP contribution in [-0.2, 0) is 14.3 Å². The lowest BCUT2D eigenvalue weighted by Gasteiger charge is -2.38. The maximum Gasteiger partial charge on any atom is 0.336 e. The number of hydrogen-bond acceptors (Lipinski definition) is 6. The van der Waals surface area contributed by atoms with Gasteiger partial charge in [-0.3, -0.25) is 14.8 Å². The summed E-state index contributed by atoms with van der Waals surface area (Å²) < 4.78 is 11.3. The highest BCUT2D eigenvalue weighted by atomic mass is 16.6. The first-order valence-electron chi connectivity index (χ1n) is 12.2. The summed E-state index contributed by atoms with van der Waals surface area (Å²) in [6.45, 7) is 2.15. The maximum atomic E-state index is 13.6. The van der Waals surface area contributed by atoms with Crippen molar-refractivity contribution in [2.45, 2.75) is 31.6 Å². The van der Waals surface area contributed by atoms with Gasteiger partial charge in [0.1, 0.15) is 24.7 Å². The Hall–Kier alpha value is -4.06. The molecule has 0 saturated heterocycles. The van der Waals surface area contributed by atoms with Crippen molar-refractivity contribution >= 4 is 17.5 Å². The van der Waals surface area contributed by atoms with Gasteiger partial charge in [0.2, 0.25) is 0 Å². The largest absolute Gasteiger partial charge is 0.490 e. The number of allylic oxidation sites excluding steroid dienone is 1. The molecule has 0 amide bonds. The highest BCUT2D eigenvalue weighted by Crippen LogP contribution is 2.45. The fourth-order valence-corrected chi connectivity index (χ4v) is 5.22. The molecule has 1 saturated carbocycles. The molecule has 1 aliphatic heterocycles. The number of hydrogen-bond donors (Lipinski definition) is 0. The lowest BCUT2D eigenvalue weighted by Crippen LogP contribution is -2.41. The van der Waals surface area contributed by atoms with E-state index in [1.165, 1.54) is 0 Å². The molecule has 0 spiro atoms. The van der Waals surface area contributed by atoms with Crippen LogP contribution in [0.1, 0.15) is 42.7 Å². The lowest BCUT2D eigenvalue weighted by atomic mass is 9.66. The fourth-order valence-electron chi connectivity index (χ4n) is 5.22. The van der Waals surface area contributed by atoms with Crippen LogP contribution < -0.4 is 4.74 Å². The van der Waals surface area contributed by atoms with Gasteiger partial charge in [0.15, 0.2) is 0 Å². The van der Waals surface area contributed by atoms with Crippen LogP contribution >= 0.6 is 0 Å². The Kier molecular flexibility index (Phi) is 7.03. The number of aliphatic imine (C=N–C) groups is 1. The van der Waals surface area contributed by atoms with Crippen LogP contribution in [0.25, 0.3) is 0 Å². The number of ether oxygens (including phenoxy) is 2. The average molecular weight is 481 g/mol. The zero-order chi connectivity index (χ0) is 24.9. The first kappa shape index (κ1) is 23.7. The summed E-state index contributed by atoms with van der Waals surface area (Å²) in [4.78, 5) is 35.9. The summed E-state index contributed by atoms with van der Waals surface area (Å²) in [7, 11) is 0. The first-order chi connectivity index (χ1) is 17.6. The number of carbonyl (C=O) groups excluding carboxylic acids is 2. The third-order valence-corrected chi connectivity index (χ3v) is 6.84. The van der Waals surface area contributed by atoms with Gasteiger partial charge in [0.05, 0.1) is 11.5 Å². The minimum Gasteiger partial charge on any atom is -0.490 e. The molecule has 1 fully saturated rings. The van der Waals surface area contributed by atoms with Crippen LogP contribution in [0.2, 0.25) is 0 Å². The Bertz CT molecular complexity index is 1290. The number of pyridine rings is 1. The summed E-state index contributed by atoms with van der Waals surface area (Å²) in [5.74, 6) is -0.506. The van der Waals surface area contributed by atoms with Crippen molar-refractivity contribution in [3.63, 3.8) is 0 Å². The molecular formula is C30H28N2O4. The molecule has 5 rings (SSSR count). The van der Waals surface area contributed by atoms with Crippen molar-refractivity contribution in [1.29, 1.82) is 0 Å². The summed E-state index contributed by atoms with van der Waals surface area (Å²) >= 11 is 0. The van der Waals surface area contributed by atoms with Gasteiger partial charge in [-0.15, -0.1) is 0 Å². The van der Waals surface area contributed by atoms with Crippen molar-refractivity contribution in [2.75, 3.05) is 13.2 Å². The number of aromatic nitrogens is 1. The van der Waals surface area contributed by atoms with Gasteiger partial charge in [-0.05, 0) is 54.7 Å². The molecule has 0 bridgehead atoms. The zero-order valence-electron chi connectivity index (χ0n) is 20.2. The van der Waals surface area contributed by atoms with E-state index in [0.29, 0.717) is 29.9 Å². The minimum atomic E-state index is -0.487. The van der Waals surface area contributed by atoms with Crippen LogP contribution in [0.4, 0.5) is 0 Å². The number of ketones is 1. The summed E-state index contributed by atoms with van der Waals surface area (Å²) in [5.41, 5.74) is 3.86. The first-order valence-corrected chi connectivity index (χ1v) is 12.2. The highest BCUT2D eigenvalue weighted by molar-refractivity contribution is 6.12. The van der Waals surface area contributed by atoms with Crippen LogP contribution in [0.15, 0.2) is 101 Å². The normalized spacial score (nSPS) is 21.4. The minimum absolute atomic E-state index is 0.0863. The van der Waals surface area contributed by atoms with Gasteiger partial charge in [-0.25, -0.2) is 4.79 Å². The van der Waals surface area contributed by atoms with Gasteiger partial charge < -0.3 is 9.47 Å². The number of Topliss-reactive ketones (excluding diaryl/α,β-unsaturated/α-hetero) is 1. The molecule has 2 aromatic carbocycles.